The number of aliphatic hydroxyl groups excluding tert-OH is 5. The average Bonchev–Trinajstić information content (AvgIpc) is 3.58. The number of ether oxygens (including phenoxy) is 4. The molecule has 270 valence electrons. The first-order valence-corrected chi connectivity index (χ1v) is 17.3. The van der Waals surface area contributed by atoms with E-state index in [-0.39, 0.29) is 43.4 Å². The number of carbonyl (C=O) groups is 2. The van der Waals surface area contributed by atoms with Gasteiger partial charge in [0, 0.05) is 36.1 Å². The summed E-state index contributed by atoms with van der Waals surface area (Å²) in [6, 6.07) is -3.37. The molecule has 0 radical (unpaired) electrons. The molecule has 1 aliphatic carbocycles. The van der Waals surface area contributed by atoms with Crippen LogP contribution in [0.25, 0.3) is 0 Å². The minimum atomic E-state index is -1.48. The van der Waals surface area contributed by atoms with Gasteiger partial charge < -0.3 is 83.4 Å². The molecule has 47 heavy (non-hydrogen) atoms. The topological polar surface area (TPSA) is 312 Å². The predicted molar refractivity (Wildman–Crippen MR) is 166 cm³/mol. The number of thioether (sulfide) groups is 1. The molecule has 0 bridgehead atoms. The van der Waals surface area contributed by atoms with Gasteiger partial charge in [0.2, 0.25) is 5.91 Å². The highest BCUT2D eigenvalue weighted by atomic mass is 32.2. The highest BCUT2D eigenvalue weighted by molar-refractivity contribution is 8.00. The Kier molecular flexibility index (Phi) is 12.6. The van der Waals surface area contributed by atoms with E-state index in [1.54, 1.807) is 0 Å². The van der Waals surface area contributed by atoms with Gasteiger partial charge in [0.25, 0.3) is 0 Å². The molecular formula is C28H51N7O11S. The van der Waals surface area contributed by atoms with Gasteiger partial charge in [-0.15, -0.1) is 0 Å². The SMILES string of the molecule is NC1CC(O)C(CNC(=O)CCCCC2SCC3NC(=O)NC32)OC1OC1C(N)CC(N)C(OC2OC(CO)C(O)C(N)C2O)C1O. The average molecular weight is 694 g/mol. The molecule has 18 nitrogen and oxygen atoms in total. The van der Waals surface area contributed by atoms with Crippen molar-refractivity contribution in [2.75, 3.05) is 18.9 Å². The molecule has 16 N–H and O–H groups in total. The Balaban J connectivity index is 1.09. The lowest BCUT2D eigenvalue weighted by Crippen LogP contribution is -2.68. The molecule has 0 aromatic carbocycles. The van der Waals surface area contributed by atoms with Crippen LogP contribution in [0.5, 0.6) is 0 Å². The molecule has 5 rings (SSSR count). The predicted octanol–water partition coefficient (Wildman–Crippen LogP) is -5.41. The van der Waals surface area contributed by atoms with Crippen molar-refractivity contribution in [2.24, 2.45) is 22.9 Å². The summed E-state index contributed by atoms with van der Waals surface area (Å²) in [5, 5.41) is 61.1. The Labute approximate surface area is 276 Å². The van der Waals surface area contributed by atoms with E-state index in [4.69, 9.17) is 41.9 Å². The number of rotatable bonds is 12. The van der Waals surface area contributed by atoms with Crippen molar-refractivity contribution in [3.63, 3.8) is 0 Å². The van der Waals surface area contributed by atoms with Gasteiger partial charge in [-0.1, -0.05) is 6.42 Å². The second kappa shape index (κ2) is 16.1. The van der Waals surface area contributed by atoms with Crippen LogP contribution in [-0.4, -0.2) is 159 Å². The summed E-state index contributed by atoms with van der Waals surface area (Å²) in [6.07, 6.45) is -9.02. The lowest BCUT2D eigenvalue weighted by atomic mass is 9.84. The number of fused-ring (bicyclic) bond motifs is 1. The van der Waals surface area contributed by atoms with Gasteiger partial charge in [-0.2, -0.15) is 11.8 Å². The molecule has 0 spiro atoms. The van der Waals surface area contributed by atoms with Crippen molar-refractivity contribution >= 4 is 23.7 Å². The molecule has 19 heteroatoms. The molecule has 0 aromatic heterocycles. The maximum atomic E-state index is 12.6. The number of hydrogen-bond donors (Lipinski definition) is 12. The molecule has 5 aliphatic rings. The quantitative estimate of drug-likeness (QED) is 0.0670. The molecule has 17 atom stereocenters. The molecule has 17 unspecified atom stereocenters. The second-order valence-corrected chi connectivity index (χ2v) is 14.5. The number of hydrogen-bond acceptors (Lipinski definition) is 16. The lowest BCUT2D eigenvalue weighted by molar-refractivity contribution is -0.315. The summed E-state index contributed by atoms with van der Waals surface area (Å²) < 4.78 is 23.4. The zero-order valence-electron chi connectivity index (χ0n) is 26.1. The number of nitrogens with two attached hydrogens (primary N) is 4. The normalized spacial score (nSPS) is 46.8. The molecule has 5 fully saturated rings. The van der Waals surface area contributed by atoms with Gasteiger partial charge in [0.15, 0.2) is 12.6 Å². The summed E-state index contributed by atoms with van der Waals surface area (Å²) >= 11 is 1.83. The van der Waals surface area contributed by atoms with E-state index in [1.165, 1.54) is 0 Å². The van der Waals surface area contributed by atoms with E-state index in [0.29, 0.717) is 18.1 Å². The van der Waals surface area contributed by atoms with Crippen LogP contribution in [0.1, 0.15) is 38.5 Å². The molecule has 4 aliphatic heterocycles. The van der Waals surface area contributed by atoms with E-state index in [0.717, 1.165) is 18.6 Å². The summed E-state index contributed by atoms with van der Waals surface area (Å²) in [7, 11) is 0. The number of urea groups is 1. The Morgan fingerprint density at radius 1 is 0.894 bits per heavy atom. The fourth-order valence-corrected chi connectivity index (χ4v) is 8.52. The lowest BCUT2D eigenvalue weighted by Gasteiger charge is -2.47. The van der Waals surface area contributed by atoms with E-state index in [2.05, 4.69) is 16.0 Å². The summed E-state index contributed by atoms with van der Waals surface area (Å²) in [6.45, 7) is -0.570. The van der Waals surface area contributed by atoms with Crippen molar-refractivity contribution in [1.82, 2.24) is 16.0 Å². The monoisotopic (exact) mass is 693 g/mol. The maximum absolute atomic E-state index is 12.6. The van der Waals surface area contributed by atoms with Gasteiger partial charge >= 0.3 is 6.03 Å². The van der Waals surface area contributed by atoms with Crippen molar-refractivity contribution in [1.29, 1.82) is 0 Å². The third-order valence-electron chi connectivity index (χ3n) is 9.76. The molecule has 4 saturated heterocycles. The molecule has 1 saturated carbocycles. The highest BCUT2D eigenvalue weighted by Gasteiger charge is 2.50. The summed E-state index contributed by atoms with van der Waals surface area (Å²) in [4.78, 5) is 24.1. The minimum absolute atomic E-state index is 0.0113. The number of unbranched alkanes of at least 4 members (excludes halogenated alkanes) is 1. The Hall–Kier alpha value is -1.43. The van der Waals surface area contributed by atoms with Crippen LogP contribution >= 0.6 is 11.8 Å². The molecular weight excluding hydrogens is 642 g/mol. The third kappa shape index (κ3) is 8.48. The Morgan fingerprint density at radius 2 is 1.57 bits per heavy atom. The van der Waals surface area contributed by atoms with Crippen LogP contribution < -0.4 is 38.9 Å². The molecule has 3 amide bonds. The zero-order chi connectivity index (χ0) is 34.0. The van der Waals surface area contributed by atoms with Crippen LogP contribution in [0.2, 0.25) is 0 Å². The highest BCUT2D eigenvalue weighted by Crippen LogP contribution is 2.34. The van der Waals surface area contributed by atoms with Crippen LogP contribution in [0.15, 0.2) is 0 Å². The fraction of sp³-hybridized carbons (Fsp3) is 0.929. The second-order valence-electron chi connectivity index (χ2n) is 13.2. The van der Waals surface area contributed by atoms with E-state index in [9.17, 15) is 35.1 Å². The van der Waals surface area contributed by atoms with Gasteiger partial charge in [-0.3, -0.25) is 4.79 Å². The largest absolute Gasteiger partial charge is 0.394 e. The third-order valence-corrected chi connectivity index (χ3v) is 11.3. The van der Waals surface area contributed by atoms with Gasteiger partial charge in [-0.25, -0.2) is 4.79 Å². The number of amides is 3. The number of aliphatic hydroxyl groups is 5. The molecule has 0 aromatic rings. The first kappa shape index (κ1) is 36.8. The smallest absolute Gasteiger partial charge is 0.315 e. The van der Waals surface area contributed by atoms with Crippen LogP contribution in [0.3, 0.4) is 0 Å². The van der Waals surface area contributed by atoms with Crippen molar-refractivity contribution in [3.8, 4) is 0 Å². The number of carbonyl (C=O) groups excluding carboxylic acids is 2. The van der Waals surface area contributed by atoms with Crippen molar-refractivity contribution < 1.29 is 54.1 Å². The van der Waals surface area contributed by atoms with Crippen molar-refractivity contribution in [2.45, 2.75) is 141 Å². The Bertz CT molecular complexity index is 1070. The first-order valence-electron chi connectivity index (χ1n) is 16.3. The van der Waals surface area contributed by atoms with Gasteiger partial charge in [-0.05, 0) is 25.7 Å². The van der Waals surface area contributed by atoms with Crippen LogP contribution in [-0.2, 0) is 23.7 Å². The minimum Gasteiger partial charge on any atom is -0.394 e. The zero-order valence-corrected chi connectivity index (χ0v) is 26.9. The standard InChI is InChI=1S/C28H51N7O11S/c29-10-5-11(30)25(46-27-22(40)19(32)21(39)16(8-36)44-27)23(41)24(10)45-26-12(31)6-14(37)15(43-26)7-33-18(38)4-2-1-3-17-20-13(9-47-17)34-28(42)35-20/h10-17,19-27,36-37,39-41H,1-9,29-32H2,(H,33,38)(H2,34,35,42). The molecule has 4 heterocycles. The first-order chi connectivity index (χ1) is 22.4. The van der Waals surface area contributed by atoms with E-state index in [1.807, 2.05) is 11.8 Å². The van der Waals surface area contributed by atoms with Crippen LogP contribution in [0.4, 0.5) is 4.79 Å². The maximum Gasteiger partial charge on any atom is 0.315 e. The van der Waals surface area contributed by atoms with E-state index >= 15 is 0 Å². The Morgan fingerprint density at radius 3 is 2.28 bits per heavy atom. The van der Waals surface area contributed by atoms with E-state index < -0.39 is 92.2 Å². The van der Waals surface area contributed by atoms with Gasteiger partial charge in [0.1, 0.15) is 42.7 Å². The van der Waals surface area contributed by atoms with Gasteiger partial charge in [0.05, 0.1) is 36.9 Å². The van der Waals surface area contributed by atoms with Crippen molar-refractivity contribution in [3.05, 3.63) is 0 Å². The van der Waals surface area contributed by atoms with Crippen LogP contribution in [0, 0.1) is 0 Å². The number of nitrogens with one attached hydrogen (secondary N) is 3. The summed E-state index contributed by atoms with van der Waals surface area (Å²) in [5.74, 6) is 0.689. The summed E-state index contributed by atoms with van der Waals surface area (Å²) in [5.41, 5.74) is 24.7. The fourth-order valence-electron chi connectivity index (χ4n) is 6.98.